The van der Waals surface area contributed by atoms with Crippen LogP contribution in [0.4, 0.5) is 5.82 Å². The summed E-state index contributed by atoms with van der Waals surface area (Å²) in [5.74, 6) is 1.82. The quantitative estimate of drug-likeness (QED) is 0.875. The van der Waals surface area contributed by atoms with E-state index in [1.165, 1.54) is 36.1 Å². The molecule has 0 amide bonds. The van der Waals surface area contributed by atoms with Gasteiger partial charge in [0.05, 0.1) is 0 Å². The third-order valence-corrected chi connectivity index (χ3v) is 4.06. The fourth-order valence-corrected chi connectivity index (χ4v) is 2.90. The summed E-state index contributed by atoms with van der Waals surface area (Å²) in [6.07, 6.45) is 9.56. The Kier molecular flexibility index (Phi) is 4.13. The van der Waals surface area contributed by atoms with Crippen molar-refractivity contribution in [2.75, 3.05) is 11.9 Å². The van der Waals surface area contributed by atoms with Crippen LogP contribution in [-0.2, 0) is 12.8 Å². The van der Waals surface area contributed by atoms with E-state index < -0.39 is 0 Å². The molecule has 3 rings (SSSR count). The number of nitrogens with zero attached hydrogens (tertiary/aromatic N) is 3. The lowest BCUT2D eigenvalue weighted by Crippen LogP contribution is -2.09. The molecule has 0 aliphatic heterocycles. The van der Waals surface area contributed by atoms with E-state index in [1.807, 2.05) is 18.5 Å². The zero-order valence-corrected chi connectivity index (χ0v) is 12.8. The monoisotopic (exact) mass is 282 g/mol. The molecule has 0 saturated carbocycles. The van der Waals surface area contributed by atoms with Crippen molar-refractivity contribution < 1.29 is 0 Å². The van der Waals surface area contributed by atoms with E-state index in [1.54, 1.807) is 0 Å². The molecular formula is C17H22N4. The van der Waals surface area contributed by atoms with Crippen LogP contribution < -0.4 is 5.32 Å². The van der Waals surface area contributed by atoms with Gasteiger partial charge in [-0.05, 0) is 51.2 Å². The van der Waals surface area contributed by atoms with Gasteiger partial charge in [-0.25, -0.2) is 9.97 Å². The topological polar surface area (TPSA) is 50.7 Å². The van der Waals surface area contributed by atoms with Crippen molar-refractivity contribution in [3.63, 3.8) is 0 Å². The number of fused-ring (bicyclic) bond motifs is 1. The van der Waals surface area contributed by atoms with Gasteiger partial charge in [0.2, 0.25) is 0 Å². The van der Waals surface area contributed by atoms with Crippen LogP contribution in [0, 0.1) is 6.92 Å². The number of aryl methyl sites for hydroxylation is 2. The second-order valence-electron chi connectivity index (χ2n) is 5.60. The van der Waals surface area contributed by atoms with E-state index in [2.05, 4.69) is 24.1 Å². The summed E-state index contributed by atoms with van der Waals surface area (Å²) in [6.45, 7) is 5.08. The molecule has 1 aliphatic rings. The molecule has 2 aromatic rings. The molecule has 1 aliphatic carbocycles. The molecule has 0 fully saturated rings. The molecule has 1 N–H and O–H groups in total. The second-order valence-corrected chi connectivity index (χ2v) is 5.60. The van der Waals surface area contributed by atoms with Gasteiger partial charge in [-0.15, -0.1) is 0 Å². The number of hydrogen-bond donors (Lipinski definition) is 1. The van der Waals surface area contributed by atoms with Crippen molar-refractivity contribution >= 4 is 5.82 Å². The third-order valence-electron chi connectivity index (χ3n) is 4.06. The van der Waals surface area contributed by atoms with Crippen LogP contribution in [0.3, 0.4) is 0 Å². The Morgan fingerprint density at radius 2 is 2.00 bits per heavy atom. The van der Waals surface area contributed by atoms with Gasteiger partial charge in [0.25, 0.3) is 0 Å². The van der Waals surface area contributed by atoms with Crippen LogP contribution in [0.1, 0.15) is 43.0 Å². The fourth-order valence-electron chi connectivity index (χ4n) is 2.90. The van der Waals surface area contributed by atoms with Crippen molar-refractivity contribution in [3.8, 4) is 11.4 Å². The molecule has 2 aromatic heterocycles. The predicted octanol–water partition coefficient (Wildman–Crippen LogP) is 3.55. The normalized spacial score (nSPS) is 14.4. The van der Waals surface area contributed by atoms with Crippen molar-refractivity contribution in [1.82, 2.24) is 15.0 Å². The van der Waals surface area contributed by atoms with Gasteiger partial charge in [0.15, 0.2) is 5.82 Å². The Morgan fingerprint density at radius 1 is 1.14 bits per heavy atom. The van der Waals surface area contributed by atoms with Crippen molar-refractivity contribution in [1.29, 1.82) is 0 Å². The minimum atomic E-state index is 0.803. The van der Waals surface area contributed by atoms with Crippen LogP contribution in [0.2, 0.25) is 0 Å². The predicted molar refractivity (Wildman–Crippen MR) is 85.4 cm³/mol. The van der Waals surface area contributed by atoms with Gasteiger partial charge < -0.3 is 5.32 Å². The molecule has 110 valence electrons. The number of hydrogen-bond acceptors (Lipinski definition) is 4. The van der Waals surface area contributed by atoms with Gasteiger partial charge in [0.1, 0.15) is 5.82 Å². The molecule has 2 heterocycles. The standard InChI is InChI=1S/C17H22N4/c1-3-19-16-13-7-5-4-6-8-15(13)20-17(21-16)14-11-18-10-9-12(14)2/h9-11H,3-8H2,1-2H3,(H,19,20,21). The first kappa shape index (κ1) is 14.0. The molecule has 0 atom stereocenters. The van der Waals surface area contributed by atoms with E-state index in [-0.39, 0.29) is 0 Å². The first-order valence-electron chi connectivity index (χ1n) is 7.84. The highest BCUT2D eigenvalue weighted by molar-refractivity contribution is 5.62. The number of rotatable bonds is 3. The number of pyridine rings is 1. The first-order valence-corrected chi connectivity index (χ1v) is 7.84. The average molecular weight is 282 g/mol. The van der Waals surface area contributed by atoms with Crippen LogP contribution in [-0.4, -0.2) is 21.5 Å². The Hall–Kier alpha value is -1.97. The van der Waals surface area contributed by atoms with Crippen molar-refractivity contribution in [2.45, 2.75) is 46.0 Å². The molecule has 4 nitrogen and oxygen atoms in total. The van der Waals surface area contributed by atoms with Gasteiger partial charge in [-0.3, -0.25) is 4.98 Å². The van der Waals surface area contributed by atoms with Crippen LogP contribution in [0.25, 0.3) is 11.4 Å². The summed E-state index contributed by atoms with van der Waals surface area (Å²) in [7, 11) is 0. The Labute approximate surface area is 126 Å². The molecule has 0 saturated heterocycles. The molecule has 4 heteroatoms. The van der Waals surface area contributed by atoms with E-state index >= 15 is 0 Å². The summed E-state index contributed by atoms with van der Waals surface area (Å²) in [4.78, 5) is 13.9. The van der Waals surface area contributed by atoms with Crippen LogP contribution in [0.5, 0.6) is 0 Å². The number of nitrogens with one attached hydrogen (secondary N) is 1. The maximum absolute atomic E-state index is 4.86. The molecular weight excluding hydrogens is 260 g/mol. The lowest BCUT2D eigenvalue weighted by Gasteiger charge is -2.14. The molecule has 0 spiro atoms. The summed E-state index contributed by atoms with van der Waals surface area (Å²) in [6, 6.07) is 2.01. The maximum Gasteiger partial charge on any atom is 0.163 e. The zero-order chi connectivity index (χ0) is 14.7. The fraction of sp³-hybridized carbons (Fsp3) is 0.471. The molecule has 0 radical (unpaired) electrons. The van der Waals surface area contributed by atoms with Gasteiger partial charge >= 0.3 is 0 Å². The SMILES string of the molecule is CCNc1nc(-c2cnccc2C)nc2c1CCCCC2. The van der Waals surface area contributed by atoms with E-state index in [4.69, 9.17) is 9.97 Å². The van der Waals surface area contributed by atoms with Crippen molar-refractivity contribution in [3.05, 3.63) is 35.3 Å². The Bertz CT molecular complexity index is 637. The minimum Gasteiger partial charge on any atom is -0.370 e. The molecule has 0 unspecified atom stereocenters. The zero-order valence-electron chi connectivity index (χ0n) is 12.8. The Balaban J connectivity index is 2.12. The van der Waals surface area contributed by atoms with Gasteiger partial charge in [0, 0.05) is 35.8 Å². The average Bonchev–Trinajstić information content (AvgIpc) is 2.73. The van der Waals surface area contributed by atoms with Crippen LogP contribution >= 0.6 is 0 Å². The summed E-state index contributed by atoms with van der Waals surface area (Å²) in [5, 5.41) is 3.42. The number of aromatic nitrogens is 3. The molecule has 21 heavy (non-hydrogen) atoms. The first-order chi connectivity index (χ1) is 10.3. The summed E-state index contributed by atoms with van der Waals surface area (Å²) >= 11 is 0. The van der Waals surface area contributed by atoms with Gasteiger partial charge in [-0.1, -0.05) is 6.42 Å². The highest BCUT2D eigenvalue weighted by Crippen LogP contribution is 2.28. The highest BCUT2D eigenvalue weighted by atomic mass is 15.0. The van der Waals surface area contributed by atoms with Crippen molar-refractivity contribution in [2.24, 2.45) is 0 Å². The van der Waals surface area contributed by atoms with Crippen LogP contribution in [0.15, 0.2) is 18.5 Å². The molecule has 0 aromatic carbocycles. The largest absolute Gasteiger partial charge is 0.370 e. The highest BCUT2D eigenvalue weighted by Gasteiger charge is 2.17. The summed E-state index contributed by atoms with van der Waals surface area (Å²) in [5.41, 5.74) is 4.74. The van der Waals surface area contributed by atoms with E-state index in [0.717, 1.165) is 36.6 Å². The van der Waals surface area contributed by atoms with E-state index in [9.17, 15) is 0 Å². The van der Waals surface area contributed by atoms with E-state index in [0.29, 0.717) is 0 Å². The lowest BCUT2D eigenvalue weighted by molar-refractivity contribution is 0.709. The smallest absolute Gasteiger partial charge is 0.163 e. The second kappa shape index (κ2) is 6.20. The van der Waals surface area contributed by atoms with Gasteiger partial charge in [-0.2, -0.15) is 0 Å². The number of anilines is 1. The summed E-state index contributed by atoms with van der Waals surface area (Å²) < 4.78 is 0. The lowest BCUT2D eigenvalue weighted by atomic mass is 10.1. The third kappa shape index (κ3) is 2.89. The maximum atomic E-state index is 4.86. The minimum absolute atomic E-state index is 0.803. The molecule has 0 bridgehead atoms. The Morgan fingerprint density at radius 3 is 2.81 bits per heavy atom.